The van der Waals surface area contributed by atoms with E-state index in [1.165, 1.54) is 47.9 Å². The second-order valence-corrected chi connectivity index (χ2v) is 30.0. The van der Waals surface area contributed by atoms with Gasteiger partial charge in [0.05, 0.1) is 107 Å². The number of methoxy groups -OCH3 is 1. The molecule has 0 aromatic heterocycles. The molecule has 6 rings (SSSR count). The smallest absolute Gasteiger partial charge is 0.303 e. The van der Waals surface area contributed by atoms with E-state index < -0.39 is 109 Å². The molecule has 0 saturated heterocycles. The Hall–Kier alpha value is -5.22. The van der Waals surface area contributed by atoms with Crippen molar-refractivity contribution in [1.29, 1.82) is 0 Å². The minimum atomic E-state index is -5.51. The van der Waals surface area contributed by atoms with Gasteiger partial charge in [-0.05, 0) is 110 Å². The number of carbonyl (C=O) groups is 1. The number of rotatable bonds is 39. The van der Waals surface area contributed by atoms with Gasteiger partial charge >= 0.3 is 5.97 Å². The molecule has 500 valence electrons. The highest BCUT2D eigenvalue weighted by atomic mass is 32.2. The highest BCUT2D eigenvalue weighted by molar-refractivity contribution is 7.87. The molecule has 0 spiro atoms. The molecule has 4 aromatic carbocycles. The van der Waals surface area contributed by atoms with Gasteiger partial charge in [-0.2, -0.15) is 13.0 Å². The van der Waals surface area contributed by atoms with E-state index >= 15 is 0 Å². The molecule has 2 heterocycles. The Kier molecular flexibility index (Phi) is 25.5. The minimum absolute atomic E-state index is 0.0317. The van der Waals surface area contributed by atoms with Gasteiger partial charge in [0.2, 0.25) is 5.69 Å². The van der Waals surface area contributed by atoms with Gasteiger partial charge < -0.3 is 61.2 Å². The van der Waals surface area contributed by atoms with E-state index in [1.807, 2.05) is 4.90 Å². The number of aliphatic carboxylic acids is 1. The molecular formula is C56H70N2O26S6-4. The number of carboxylic acid groups (broad SMARTS) is 1. The first-order chi connectivity index (χ1) is 42.0. The van der Waals surface area contributed by atoms with Crippen LogP contribution in [0.4, 0.5) is 11.4 Å². The summed E-state index contributed by atoms with van der Waals surface area (Å²) in [5.41, 5.74) is -1.34. The van der Waals surface area contributed by atoms with Crippen LogP contribution in [0.1, 0.15) is 76.3 Å². The Bertz CT molecular complexity index is 4110. The normalized spacial score (nSPS) is 18.1. The van der Waals surface area contributed by atoms with Crippen LogP contribution in [0.2, 0.25) is 0 Å². The van der Waals surface area contributed by atoms with Crippen molar-refractivity contribution in [3.8, 4) is 0 Å². The van der Waals surface area contributed by atoms with Crippen molar-refractivity contribution in [1.82, 2.24) is 0 Å². The summed E-state index contributed by atoms with van der Waals surface area (Å²) in [4.78, 5) is 9.14. The summed E-state index contributed by atoms with van der Waals surface area (Å²) < 4.78 is 257. The van der Waals surface area contributed by atoms with E-state index in [0.29, 0.717) is 81.6 Å². The monoisotopic (exact) mass is 1380 g/mol. The Morgan fingerprint density at radius 3 is 1.56 bits per heavy atom. The lowest BCUT2D eigenvalue weighted by Crippen LogP contribution is -2.32. The first kappa shape index (κ1) is 73.8. The van der Waals surface area contributed by atoms with E-state index in [2.05, 4.69) is 0 Å². The number of nitrogens with zero attached hydrogens (tertiary/aromatic N) is 2. The lowest BCUT2D eigenvalue weighted by Gasteiger charge is -2.31. The fourth-order valence-electron chi connectivity index (χ4n) is 11.2. The number of benzene rings is 4. The lowest BCUT2D eigenvalue weighted by atomic mass is 9.74. The molecule has 0 fully saturated rings. The number of fused-ring (bicyclic) bond motifs is 6. The van der Waals surface area contributed by atoms with Crippen molar-refractivity contribution in [3.05, 3.63) is 95.7 Å². The van der Waals surface area contributed by atoms with Crippen LogP contribution in [0.3, 0.4) is 0 Å². The second-order valence-electron chi connectivity index (χ2n) is 21.4. The van der Waals surface area contributed by atoms with Crippen molar-refractivity contribution in [3.63, 3.8) is 0 Å². The molecular weight excluding hydrogens is 1310 g/mol. The zero-order chi connectivity index (χ0) is 66.5. The largest absolute Gasteiger partial charge is 0.748 e. The highest BCUT2D eigenvalue weighted by Crippen LogP contribution is 2.54. The molecule has 0 aliphatic carbocycles. The molecule has 2 aliphatic heterocycles. The van der Waals surface area contributed by atoms with Crippen molar-refractivity contribution in [2.75, 3.05) is 109 Å². The van der Waals surface area contributed by atoms with Crippen LogP contribution in [-0.4, -0.2) is 204 Å². The number of anilines is 1. The number of carboxylic acids is 1. The highest BCUT2D eigenvalue weighted by Gasteiger charge is 2.49. The van der Waals surface area contributed by atoms with Crippen LogP contribution in [0.5, 0.6) is 0 Å². The minimum Gasteiger partial charge on any atom is -0.748 e. The number of allylic oxidation sites excluding steroid dienone is 6. The van der Waals surface area contributed by atoms with Crippen molar-refractivity contribution in [2.45, 2.75) is 95.6 Å². The van der Waals surface area contributed by atoms with Crippen LogP contribution in [-0.2, 0) is 105 Å². The molecule has 34 heteroatoms. The Balaban J connectivity index is 1.44. The molecule has 28 nitrogen and oxygen atoms in total. The summed E-state index contributed by atoms with van der Waals surface area (Å²) >= 11 is 0. The van der Waals surface area contributed by atoms with Gasteiger partial charge in [0.25, 0.3) is 10.1 Å². The number of hydrogen-bond donors (Lipinski definition) is 2. The molecule has 0 bridgehead atoms. The second kappa shape index (κ2) is 31.1. The maximum absolute atomic E-state index is 12.8. The van der Waals surface area contributed by atoms with Gasteiger partial charge in [-0.3, -0.25) is 9.35 Å². The number of ether oxygens (including phenoxy) is 6. The first-order valence-electron chi connectivity index (χ1n) is 28.1. The third-order valence-corrected chi connectivity index (χ3v) is 20.1. The van der Waals surface area contributed by atoms with Gasteiger partial charge in [-0.1, -0.05) is 30.7 Å². The number of hydrogen-bond acceptors (Lipinski definition) is 25. The molecule has 0 saturated carbocycles. The summed E-state index contributed by atoms with van der Waals surface area (Å²) in [6.07, 6.45) is 7.72. The molecule has 90 heavy (non-hydrogen) atoms. The Morgan fingerprint density at radius 2 is 1.07 bits per heavy atom. The summed E-state index contributed by atoms with van der Waals surface area (Å²) in [5.74, 6) is -2.74. The Labute approximate surface area is 523 Å². The van der Waals surface area contributed by atoms with E-state index in [4.69, 9.17) is 28.4 Å². The third kappa shape index (κ3) is 19.7. The summed E-state index contributed by atoms with van der Waals surface area (Å²) in [6, 6.07) is 8.08. The van der Waals surface area contributed by atoms with Gasteiger partial charge in [-0.25, -0.2) is 42.1 Å². The van der Waals surface area contributed by atoms with Gasteiger partial charge in [0.1, 0.15) is 47.0 Å². The van der Waals surface area contributed by atoms with E-state index in [-0.39, 0.29) is 123 Å². The maximum atomic E-state index is 12.8. The van der Waals surface area contributed by atoms with Crippen LogP contribution in [0, 0.1) is 0 Å². The molecule has 2 aliphatic rings. The number of unbranched alkanes of at least 4 members (excludes halogenated alkanes) is 2. The van der Waals surface area contributed by atoms with Gasteiger partial charge in [0, 0.05) is 78.7 Å². The summed E-state index contributed by atoms with van der Waals surface area (Å²) in [5, 5.41) is 8.53. The van der Waals surface area contributed by atoms with E-state index in [1.54, 1.807) is 26.2 Å². The summed E-state index contributed by atoms with van der Waals surface area (Å²) in [6.45, 7) is 6.11. The standard InChI is InChI=1S/C56H74N2O26S6/c1-55(19-10-34-85(61,62)63)50(58(22-11-35-86(64,65)66)46-17-15-42-44(53(46)55)36-40(87(67,68)69)38-48(42)89(73,74)75)12-6-4-7-13-51-56(2,20-23-80-26-27-82-30-31-84-33-32-83-29-28-81-25-24-79-3)54-45-37-41(88(70,71)72)39-49(90(76,77)78)43(45)16-18-47(54)57(51)21-9-5-8-14-52(59)60/h4,6-7,12-13,15-18,36-39H,5,8-11,14,19-35H2,1-3H3,(H6-,59,60,61,62,63,64,65,66,67,68,69,70,71,72,73,74,75,76,77,78)/p-4. The summed E-state index contributed by atoms with van der Waals surface area (Å²) in [7, 11) is -29.7. The molecule has 0 amide bonds. The molecule has 0 radical (unpaired) electrons. The molecule has 2 N–H and O–H groups in total. The lowest BCUT2D eigenvalue weighted by molar-refractivity contribution is -0.437. The van der Waals surface area contributed by atoms with E-state index in [9.17, 15) is 87.7 Å². The van der Waals surface area contributed by atoms with Crippen LogP contribution < -0.4 is 4.90 Å². The molecule has 2 unspecified atom stereocenters. The quantitative estimate of drug-likeness (QED) is 0.0275. The van der Waals surface area contributed by atoms with Crippen LogP contribution >= 0.6 is 0 Å². The average molecular weight is 1380 g/mol. The fourth-order valence-corrected chi connectivity index (χ4v) is 14.8. The molecule has 4 aromatic rings. The SMILES string of the molecule is COCCOCCOCCOCCOCCOCCC1(C)\C(=C/C=C/C=C/C2=[N+](CCCS(=O)(=O)O)c3ccc4c(S(=O)(=O)[O-])cc(S(=O)(=O)[O-])cc4c3C2(C)CCCS(=O)(=O)[O-])N(CCCCCC(=O)O)c2ccc3c(S(=O)(=O)[O-])cc(S(=O)(=O)[O-])cc3c21. The van der Waals surface area contributed by atoms with Crippen LogP contribution in [0.25, 0.3) is 21.5 Å². The predicted molar refractivity (Wildman–Crippen MR) is 319 cm³/mol. The van der Waals surface area contributed by atoms with E-state index in [0.717, 1.165) is 18.2 Å². The van der Waals surface area contributed by atoms with Crippen molar-refractivity contribution < 1.29 is 121 Å². The van der Waals surface area contributed by atoms with Gasteiger partial charge in [-0.15, -0.1) is 0 Å². The topological polar surface area (TPSA) is 439 Å². The average Bonchev–Trinajstić information content (AvgIpc) is 1.52. The fraction of sp³-hybridized carbons (Fsp3) is 0.500. The predicted octanol–water partition coefficient (Wildman–Crippen LogP) is 4.11. The van der Waals surface area contributed by atoms with Crippen molar-refractivity contribution >= 4 is 105 Å². The van der Waals surface area contributed by atoms with Crippen molar-refractivity contribution in [2.24, 2.45) is 0 Å². The first-order valence-corrected chi connectivity index (χ1v) is 36.9. The Morgan fingerprint density at radius 1 is 0.556 bits per heavy atom. The zero-order valence-corrected chi connectivity index (χ0v) is 54.2. The zero-order valence-electron chi connectivity index (χ0n) is 49.3. The third-order valence-electron chi connectivity index (χ3n) is 15.1. The molecule has 2 atom stereocenters. The van der Waals surface area contributed by atoms with Crippen LogP contribution in [0.15, 0.2) is 104 Å². The maximum Gasteiger partial charge on any atom is 0.303 e. The van der Waals surface area contributed by atoms with Gasteiger partial charge in [0.15, 0.2) is 5.71 Å².